The number of hydrogen-bond acceptors (Lipinski definition) is 3. The smallest absolute Gasteiger partial charge is 0.141 e. The Hall–Kier alpha value is -2.07. The van der Waals surface area contributed by atoms with Gasteiger partial charge in [0.05, 0.1) is 17.0 Å². The lowest BCUT2D eigenvalue weighted by atomic mass is 9.90. The van der Waals surface area contributed by atoms with Gasteiger partial charge >= 0.3 is 0 Å². The molecule has 1 N–H and O–H groups in total. The zero-order valence-electron chi connectivity index (χ0n) is 10.6. The SMILES string of the molecule is CC(C)(C#N)CCCNc1ccc(F)c(C#N)c1. The van der Waals surface area contributed by atoms with E-state index < -0.39 is 5.82 Å². The largest absolute Gasteiger partial charge is 0.385 e. The van der Waals surface area contributed by atoms with Crippen molar-refractivity contribution in [3.63, 3.8) is 0 Å². The van der Waals surface area contributed by atoms with E-state index >= 15 is 0 Å². The summed E-state index contributed by atoms with van der Waals surface area (Å²) in [6, 6.07) is 8.42. The Morgan fingerprint density at radius 3 is 2.67 bits per heavy atom. The molecular formula is C14H16FN3. The van der Waals surface area contributed by atoms with Crippen molar-refractivity contribution in [2.75, 3.05) is 11.9 Å². The molecule has 0 saturated carbocycles. The molecule has 0 radical (unpaired) electrons. The topological polar surface area (TPSA) is 59.6 Å². The Morgan fingerprint density at radius 1 is 1.33 bits per heavy atom. The van der Waals surface area contributed by atoms with Crippen molar-refractivity contribution in [1.82, 2.24) is 0 Å². The molecule has 0 fully saturated rings. The van der Waals surface area contributed by atoms with Crippen molar-refractivity contribution >= 4 is 5.69 Å². The number of hydrogen-bond donors (Lipinski definition) is 1. The Morgan fingerprint density at radius 2 is 2.06 bits per heavy atom. The summed E-state index contributed by atoms with van der Waals surface area (Å²) >= 11 is 0. The van der Waals surface area contributed by atoms with Crippen molar-refractivity contribution in [3.8, 4) is 12.1 Å². The predicted molar refractivity (Wildman–Crippen MR) is 68.2 cm³/mol. The van der Waals surface area contributed by atoms with E-state index in [0.717, 1.165) is 18.5 Å². The normalized spacial score (nSPS) is 10.5. The summed E-state index contributed by atoms with van der Waals surface area (Å²) in [5.41, 5.74) is 0.447. The number of benzene rings is 1. The Labute approximate surface area is 107 Å². The summed E-state index contributed by atoms with van der Waals surface area (Å²) < 4.78 is 13.1. The number of nitrogens with one attached hydrogen (secondary N) is 1. The second kappa shape index (κ2) is 6.02. The van der Waals surface area contributed by atoms with E-state index in [1.54, 1.807) is 12.1 Å². The highest BCUT2D eigenvalue weighted by molar-refractivity contribution is 5.49. The fourth-order valence-corrected chi connectivity index (χ4v) is 1.54. The standard InChI is InChI=1S/C14H16FN3/c1-14(2,10-17)6-3-7-18-12-4-5-13(15)11(8-12)9-16/h4-5,8,18H,3,6-7H2,1-2H3. The number of nitrogens with zero attached hydrogens (tertiary/aromatic N) is 2. The molecule has 1 aromatic rings. The van der Waals surface area contributed by atoms with Crippen LogP contribution in [0.2, 0.25) is 0 Å². The highest BCUT2D eigenvalue weighted by atomic mass is 19.1. The Balaban J connectivity index is 2.46. The summed E-state index contributed by atoms with van der Waals surface area (Å²) in [5, 5.41) is 20.7. The van der Waals surface area contributed by atoms with Gasteiger partial charge in [0.2, 0.25) is 0 Å². The first-order chi connectivity index (χ1) is 8.48. The zero-order chi connectivity index (χ0) is 13.6. The van der Waals surface area contributed by atoms with E-state index in [1.165, 1.54) is 12.1 Å². The van der Waals surface area contributed by atoms with Crippen molar-refractivity contribution in [2.24, 2.45) is 5.41 Å². The van der Waals surface area contributed by atoms with Crippen molar-refractivity contribution in [3.05, 3.63) is 29.6 Å². The van der Waals surface area contributed by atoms with Crippen LogP contribution in [0.5, 0.6) is 0 Å². The van der Waals surface area contributed by atoms with Gasteiger partial charge in [-0.25, -0.2) is 4.39 Å². The first kappa shape index (κ1) is 14.0. The molecule has 0 aliphatic heterocycles. The van der Waals surface area contributed by atoms with Crippen LogP contribution >= 0.6 is 0 Å². The lowest BCUT2D eigenvalue weighted by Crippen LogP contribution is -2.11. The molecule has 0 bridgehead atoms. The minimum absolute atomic E-state index is 0.0392. The second-order valence-corrected chi connectivity index (χ2v) is 4.83. The number of nitriles is 2. The van der Waals surface area contributed by atoms with Gasteiger partial charge in [-0.1, -0.05) is 0 Å². The minimum Gasteiger partial charge on any atom is -0.385 e. The van der Waals surface area contributed by atoms with Gasteiger partial charge < -0.3 is 5.32 Å². The van der Waals surface area contributed by atoms with Crippen LogP contribution in [0, 0.1) is 33.9 Å². The lowest BCUT2D eigenvalue weighted by Gasteiger charge is -2.15. The van der Waals surface area contributed by atoms with E-state index in [2.05, 4.69) is 11.4 Å². The summed E-state index contributed by atoms with van der Waals surface area (Å²) in [6.07, 6.45) is 1.64. The molecule has 18 heavy (non-hydrogen) atoms. The molecule has 94 valence electrons. The maximum Gasteiger partial charge on any atom is 0.141 e. The Bertz CT molecular complexity index is 495. The number of halogens is 1. The summed E-state index contributed by atoms with van der Waals surface area (Å²) in [4.78, 5) is 0. The number of anilines is 1. The van der Waals surface area contributed by atoms with Crippen LogP contribution in [0.15, 0.2) is 18.2 Å². The molecule has 0 amide bonds. The molecule has 0 spiro atoms. The van der Waals surface area contributed by atoms with Gasteiger partial charge in [0.15, 0.2) is 0 Å². The van der Waals surface area contributed by atoms with Crippen molar-refractivity contribution < 1.29 is 4.39 Å². The van der Waals surface area contributed by atoms with Crippen LogP contribution in [-0.4, -0.2) is 6.54 Å². The van der Waals surface area contributed by atoms with Crippen LogP contribution in [0.25, 0.3) is 0 Å². The van der Waals surface area contributed by atoms with Crippen LogP contribution in [0.4, 0.5) is 10.1 Å². The molecule has 1 rings (SSSR count). The quantitative estimate of drug-likeness (QED) is 0.808. The average Bonchev–Trinajstić information content (AvgIpc) is 2.36. The minimum atomic E-state index is -0.506. The molecule has 0 heterocycles. The summed E-state index contributed by atoms with van der Waals surface area (Å²) in [5.74, 6) is -0.506. The van der Waals surface area contributed by atoms with Gasteiger partial charge in [-0.15, -0.1) is 0 Å². The van der Waals surface area contributed by atoms with Gasteiger partial charge in [-0.2, -0.15) is 10.5 Å². The maximum absolute atomic E-state index is 13.1. The highest BCUT2D eigenvalue weighted by Crippen LogP contribution is 2.21. The number of rotatable bonds is 5. The highest BCUT2D eigenvalue weighted by Gasteiger charge is 2.15. The Kier molecular flexibility index (Phi) is 4.68. The van der Waals surface area contributed by atoms with Crippen LogP contribution < -0.4 is 5.32 Å². The fourth-order valence-electron chi connectivity index (χ4n) is 1.54. The lowest BCUT2D eigenvalue weighted by molar-refractivity contribution is 0.441. The fraction of sp³-hybridized carbons (Fsp3) is 0.429. The van der Waals surface area contributed by atoms with Crippen LogP contribution in [0.1, 0.15) is 32.3 Å². The summed E-state index contributed by atoms with van der Waals surface area (Å²) in [6.45, 7) is 4.50. The predicted octanol–water partition coefficient (Wildman–Crippen LogP) is 3.44. The van der Waals surface area contributed by atoms with Gasteiger partial charge in [0, 0.05) is 12.2 Å². The first-order valence-corrected chi connectivity index (χ1v) is 5.83. The molecule has 0 aromatic heterocycles. The van der Waals surface area contributed by atoms with Gasteiger partial charge in [0.25, 0.3) is 0 Å². The van der Waals surface area contributed by atoms with Crippen molar-refractivity contribution in [2.45, 2.75) is 26.7 Å². The summed E-state index contributed by atoms with van der Waals surface area (Å²) in [7, 11) is 0. The van der Waals surface area contributed by atoms with E-state index in [1.807, 2.05) is 13.8 Å². The van der Waals surface area contributed by atoms with E-state index in [4.69, 9.17) is 10.5 Å². The van der Waals surface area contributed by atoms with Crippen LogP contribution in [-0.2, 0) is 0 Å². The molecule has 0 aliphatic rings. The maximum atomic E-state index is 13.1. The molecular weight excluding hydrogens is 229 g/mol. The monoisotopic (exact) mass is 245 g/mol. The van der Waals surface area contributed by atoms with Gasteiger partial charge in [-0.05, 0) is 44.9 Å². The molecule has 0 unspecified atom stereocenters. The average molecular weight is 245 g/mol. The first-order valence-electron chi connectivity index (χ1n) is 5.83. The zero-order valence-corrected chi connectivity index (χ0v) is 10.6. The molecule has 0 atom stereocenters. The third-order valence-corrected chi connectivity index (χ3v) is 2.70. The van der Waals surface area contributed by atoms with Gasteiger partial charge in [-0.3, -0.25) is 0 Å². The third-order valence-electron chi connectivity index (χ3n) is 2.70. The molecule has 0 aliphatic carbocycles. The van der Waals surface area contributed by atoms with E-state index in [9.17, 15) is 4.39 Å². The second-order valence-electron chi connectivity index (χ2n) is 4.83. The molecule has 0 saturated heterocycles. The third kappa shape index (κ3) is 4.07. The molecule has 1 aromatic carbocycles. The molecule has 3 nitrogen and oxygen atoms in total. The van der Waals surface area contributed by atoms with Gasteiger partial charge in [0.1, 0.15) is 11.9 Å². The van der Waals surface area contributed by atoms with Crippen molar-refractivity contribution in [1.29, 1.82) is 10.5 Å². The van der Waals surface area contributed by atoms with E-state index in [0.29, 0.717) is 6.54 Å². The van der Waals surface area contributed by atoms with Crippen LogP contribution in [0.3, 0.4) is 0 Å². The van der Waals surface area contributed by atoms with E-state index in [-0.39, 0.29) is 11.0 Å². The molecule has 4 heteroatoms.